The van der Waals surface area contributed by atoms with E-state index in [2.05, 4.69) is 38.0 Å². The minimum absolute atomic E-state index is 0.570. The Balaban J connectivity index is 3.88. The molecule has 0 amide bonds. The van der Waals surface area contributed by atoms with Crippen molar-refractivity contribution in [2.24, 2.45) is 0 Å². The molecule has 0 aromatic heterocycles. The predicted octanol–water partition coefficient (Wildman–Crippen LogP) is 1.73. The Morgan fingerprint density at radius 2 is 2.00 bits per heavy atom. The van der Waals surface area contributed by atoms with E-state index in [1.54, 1.807) is 7.11 Å². The van der Waals surface area contributed by atoms with Gasteiger partial charge >= 0.3 is 0 Å². The number of nitrogens with one attached hydrogen (secondary N) is 1. The van der Waals surface area contributed by atoms with Gasteiger partial charge in [0.15, 0.2) is 0 Å². The summed E-state index contributed by atoms with van der Waals surface area (Å²) in [5.74, 6) is 0. The summed E-state index contributed by atoms with van der Waals surface area (Å²) in [7, 11) is 3.94. The lowest BCUT2D eigenvalue weighted by molar-refractivity contribution is 0.133. The van der Waals surface area contributed by atoms with Crippen LogP contribution in [0.25, 0.3) is 0 Å². The van der Waals surface area contributed by atoms with Crippen molar-refractivity contribution >= 4 is 0 Å². The average molecular weight is 216 g/mol. The zero-order valence-electron chi connectivity index (χ0n) is 11.0. The van der Waals surface area contributed by atoms with Gasteiger partial charge in [0.2, 0.25) is 0 Å². The Labute approximate surface area is 95.2 Å². The van der Waals surface area contributed by atoms with Crippen LogP contribution in [0.15, 0.2) is 0 Å². The zero-order chi connectivity index (χ0) is 11.7. The quantitative estimate of drug-likeness (QED) is 0.635. The summed E-state index contributed by atoms with van der Waals surface area (Å²) in [6.07, 6.45) is 2.49. The molecule has 0 saturated carbocycles. The molecule has 0 bridgehead atoms. The first-order valence-corrected chi connectivity index (χ1v) is 6.04. The molecule has 0 saturated heterocycles. The molecule has 0 aliphatic rings. The molecule has 0 rings (SSSR count). The molecule has 0 aromatic carbocycles. The molecule has 0 aliphatic heterocycles. The summed E-state index contributed by atoms with van der Waals surface area (Å²) < 4.78 is 5.10. The monoisotopic (exact) mass is 216 g/mol. The van der Waals surface area contributed by atoms with Crippen LogP contribution in [0, 0.1) is 0 Å². The van der Waals surface area contributed by atoms with Crippen molar-refractivity contribution in [1.82, 2.24) is 10.2 Å². The molecule has 0 radical (unpaired) electrons. The molecule has 1 atom stereocenters. The van der Waals surface area contributed by atoms with E-state index in [1.165, 1.54) is 12.8 Å². The predicted molar refractivity (Wildman–Crippen MR) is 66.3 cm³/mol. The van der Waals surface area contributed by atoms with Crippen molar-refractivity contribution in [3.63, 3.8) is 0 Å². The summed E-state index contributed by atoms with van der Waals surface area (Å²) >= 11 is 0. The van der Waals surface area contributed by atoms with E-state index in [0.717, 1.165) is 19.7 Å². The Kier molecular flexibility index (Phi) is 9.06. The Hall–Kier alpha value is -0.120. The van der Waals surface area contributed by atoms with Gasteiger partial charge in [-0.1, -0.05) is 27.2 Å². The van der Waals surface area contributed by atoms with Crippen LogP contribution >= 0.6 is 0 Å². The summed E-state index contributed by atoms with van der Waals surface area (Å²) in [5, 5.41) is 3.51. The average Bonchev–Trinajstić information content (AvgIpc) is 2.20. The first kappa shape index (κ1) is 14.9. The topological polar surface area (TPSA) is 24.5 Å². The van der Waals surface area contributed by atoms with Crippen molar-refractivity contribution in [2.75, 3.05) is 33.9 Å². The highest BCUT2D eigenvalue weighted by Gasteiger charge is 2.13. The number of rotatable bonds is 9. The molecular weight excluding hydrogens is 188 g/mol. The summed E-state index contributed by atoms with van der Waals surface area (Å²) in [4.78, 5) is 2.39. The number of hydrogen-bond donors (Lipinski definition) is 1. The summed E-state index contributed by atoms with van der Waals surface area (Å²) in [5.41, 5.74) is 0. The second-order valence-corrected chi connectivity index (χ2v) is 4.48. The van der Waals surface area contributed by atoms with Crippen molar-refractivity contribution in [1.29, 1.82) is 0 Å². The largest absolute Gasteiger partial charge is 0.383 e. The number of methoxy groups -OCH3 is 1. The lowest BCUT2D eigenvalue weighted by Gasteiger charge is -2.28. The van der Waals surface area contributed by atoms with E-state index >= 15 is 0 Å². The molecule has 1 unspecified atom stereocenters. The highest BCUT2D eigenvalue weighted by Crippen LogP contribution is 2.04. The van der Waals surface area contributed by atoms with Gasteiger partial charge in [0, 0.05) is 32.3 Å². The smallest absolute Gasteiger partial charge is 0.0589 e. The van der Waals surface area contributed by atoms with Crippen LogP contribution in [-0.2, 0) is 4.74 Å². The fraction of sp³-hybridized carbons (Fsp3) is 1.00. The molecule has 1 N–H and O–H groups in total. The van der Waals surface area contributed by atoms with Crippen LogP contribution in [0.5, 0.6) is 0 Å². The standard InChI is InChI=1S/C12H28N2O/c1-6-7-12(10-13-11(2)3)14(4)8-9-15-5/h11-13H,6-10H2,1-5H3. The molecular formula is C12H28N2O. The normalized spacial score (nSPS) is 13.8. The summed E-state index contributed by atoms with van der Waals surface area (Å²) in [6, 6.07) is 1.20. The SMILES string of the molecule is CCCC(CNC(C)C)N(C)CCOC. The van der Waals surface area contributed by atoms with Gasteiger partial charge in [0.05, 0.1) is 6.61 Å². The number of hydrogen-bond acceptors (Lipinski definition) is 3. The highest BCUT2D eigenvalue weighted by atomic mass is 16.5. The van der Waals surface area contributed by atoms with Gasteiger partial charge < -0.3 is 10.1 Å². The van der Waals surface area contributed by atoms with Crippen LogP contribution in [0.4, 0.5) is 0 Å². The molecule has 0 heterocycles. The maximum atomic E-state index is 5.10. The van der Waals surface area contributed by atoms with Crippen LogP contribution in [0.1, 0.15) is 33.6 Å². The van der Waals surface area contributed by atoms with E-state index in [0.29, 0.717) is 12.1 Å². The number of nitrogens with zero attached hydrogens (tertiary/aromatic N) is 1. The fourth-order valence-electron chi connectivity index (χ4n) is 1.60. The first-order chi connectivity index (χ1) is 7.11. The molecule has 0 fully saturated rings. The molecule has 15 heavy (non-hydrogen) atoms. The second-order valence-electron chi connectivity index (χ2n) is 4.48. The zero-order valence-corrected chi connectivity index (χ0v) is 11.0. The van der Waals surface area contributed by atoms with Crippen molar-refractivity contribution in [3.05, 3.63) is 0 Å². The minimum atomic E-state index is 0.570. The van der Waals surface area contributed by atoms with Crippen molar-refractivity contribution in [2.45, 2.75) is 45.7 Å². The third kappa shape index (κ3) is 7.77. The van der Waals surface area contributed by atoms with Gasteiger partial charge in [-0.3, -0.25) is 4.90 Å². The first-order valence-electron chi connectivity index (χ1n) is 6.04. The lowest BCUT2D eigenvalue weighted by Crippen LogP contribution is -2.43. The number of likely N-dealkylation sites (N-methyl/N-ethyl adjacent to an activating group) is 1. The summed E-state index contributed by atoms with van der Waals surface area (Å²) in [6.45, 7) is 9.54. The van der Waals surface area contributed by atoms with E-state index in [9.17, 15) is 0 Å². The van der Waals surface area contributed by atoms with E-state index in [4.69, 9.17) is 4.74 Å². The van der Waals surface area contributed by atoms with Crippen molar-refractivity contribution in [3.8, 4) is 0 Å². The van der Waals surface area contributed by atoms with Crippen LogP contribution in [-0.4, -0.2) is 50.8 Å². The fourth-order valence-corrected chi connectivity index (χ4v) is 1.60. The van der Waals surface area contributed by atoms with E-state index in [-0.39, 0.29) is 0 Å². The maximum Gasteiger partial charge on any atom is 0.0589 e. The molecule has 0 aromatic rings. The van der Waals surface area contributed by atoms with Gasteiger partial charge in [-0.15, -0.1) is 0 Å². The van der Waals surface area contributed by atoms with Gasteiger partial charge in [-0.2, -0.15) is 0 Å². The molecule has 3 heteroatoms. The molecule has 0 aliphatic carbocycles. The Bertz CT molecular complexity index is 140. The minimum Gasteiger partial charge on any atom is -0.383 e. The van der Waals surface area contributed by atoms with Gasteiger partial charge in [0.25, 0.3) is 0 Å². The second kappa shape index (κ2) is 9.13. The van der Waals surface area contributed by atoms with Gasteiger partial charge in [0.1, 0.15) is 0 Å². The van der Waals surface area contributed by atoms with Gasteiger partial charge in [-0.25, -0.2) is 0 Å². The van der Waals surface area contributed by atoms with E-state index < -0.39 is 0 Å². The molecule has 0 spiro atoms. The highest BCUT2D eigenvalue weighted by molar-refractivity contribution is 4.72. The third-order valence-corrected chi connectivity index (χ3v) is 2.66. The van der Waals surface area contributed by atoms with Crippen LogP contribution < -0.4 is 5.32 Å². The molecule has 3 nitrogen and oxygen atoms in total. The maximum absolute atomic E-state index is 5.10. The van der Waals surface area contributed by atoms with E-state index in [1.807, 2.05) is 0 Å². The van der Waals surface area contributed by atoms with Gasteiger partial charge in [-0.05, 0) is 13.5 Å². The Morgan fingerprint density at radius 3 is 2.47 bits per heavy atom. The number of ether oxygens (including phenoxy) is 1. The van der Waals surface area contributed by atoms with Crippen LogP contribution in [0.3, 0.4) is 0 Å². The third-order valence-electron chi connectivity index (χ3n) is 2.66. The Morgan fingerprint density at radius 1 is 1.33 bits per heavy atom. The van der Waals surface area contributed by atoms with Crippen LogP contribution in [0.2, 0.25) is 0 Å². The molecule has 92 valence electrons. The van der Waals surface area contributed by atoms with Crippen molar-refractivity contribution < 1.29 is 4.74 Å². The lowest BCUT2D eigenvalue weighted by atomic mass is 10.1.